The third kappa shape index (κ3) is 5.74. The van der Waals surface area contributed by atoms with Gasteiger partial charge in [-0.15, -0.1) is 0 Å². The van der Waals surface area contributed by atoms with Crippen LogP contribution >= 0.6 is 0 Å². The van der Waals surface area contributed by atoms with Crippen LogP contribution in [0.3, 0.4) is 0 Å². The number of para-hydroxylation sites is 1. The van der Waals surface area contributed by atoms with E-state index in [1.807, 2.05) is 0 Å². The molecule has 0 bridgehead atoms. The zero-order valence-electron chi connectivity index (χ0n) is 14.0. The number of ether oxygens (including phenoxy) is 2. The van der Waals surface area contributed by atoms with Crippen molar-refractivity contribution in [3.63, 3.8) is 0 Å². The number of halogens is 3. The van der Waals surface area contributed by atoms with E-state index >= 15 is 0 Å². The Kier molecular flexibility index (Phi) is 7.05. The number of phenolic OH excluding ortho intramolecular Hbond substituents is 1. The number of aliphatic carboxylic acids is 1. The number of hydrogen-bond donors (Lipinski definition) is 2. The van der Waals surface area contributed by atoms with Crippen LogP contribution in [0.5, 0.6) is 5.75 Å². The third-order valence-electron chi connectivity index (χ3n) is 4.04. The van der Waals surface area contributed by atoms with Crippen LogP contribution in [-0.4, -0.2) is 35.3 Å². The van der Waals surface area contributed by atoms with Crippen LogP contribution in [0.15, 0.2) is 36.4 Å². The first kappa shape index (κ1) is 20.3. The van der Waals surface area contributed by atoms with E-state index in [-0.39, 0.29) is 24.3 Å². The van der Waals surface area contributed by atoms with Crippen molar-refractivity contribution in [3.05, 3.63) is 42.0 Å². The van der Waals surface area contributed by atoms with Crippen molar-refractivity contribution in [3.8, 4) is 5.75 Å². The number of carbonyl (C=O) groups is 1. The van der Waals surface area contributed by atoms with Crippen LogP contribution in [0.25, 0.3) is 0 Å². The van der Waals surface area contributed by atoms with Crippen LogP contribution in [0.2, 0.25) is 0 Å². The SMILES string of the molecule is O=C(O)CCC/C=C/C[C@@H]1COC(C(F)(F)F)O[C@@H]1c1ccccc1O. The van der Waals surface area contributed by atoms with Crippen molar-refractivity contribution in [2.45, 2.75) is 44.3 Å². The predicted octanol–water partition coefficient (Wildman–Crippen LogP) is 4.19. The number of rotatable bonds is 7. The summed E-state index contributed by atoms with van der Waals surface area (Å²) < 4.78 is 48.8. The van der Waals surface area contributed by atoms with Gasteiger partial charge in [0, 0.05) is 17.9 Å². The molecule has 3 atom stereocenters. The van der Waals surface area contributed by atoms with Gasteiger partial charge in [-0.3, -0.25) is 4.79 Å². The van der Waals surface area contributed by atoms with Gasteiger partial charge in [-0.05, 0) is 25.3 Å². The zero-order valence-corrected chi connectivity index (χ0v) is 14.0. The van der Waals surface area contributed by atoms with E-state index < -0.39 is 30.5 Å². The Morgan fingerprint density at radius 2 is 2.00 bits per heavy atom. The number of hydrogen-bond acceptors (Lipinski definition) is 4. The lowest BCUT2D eigenvalue weighted by molar-refractivity contribution is -0.353. The van der Waals surface area contributed by atoms with Crippen LogP contribution in [0.4, 0.5) is 13.2 Å². The van der Waals surface area contributed by atoms with Gasteiger partial charge in [0.1, 0.15) is 5.75 Å². The van der Waals surface area contributed by atoms with Crippen LogP contribution in [-0.2, 0) is 14.3 Å². The van der Waals surface area contributed by atoms with Gasteiger partial charge in [0.25, 0.3) is 6.29 Å². The molecule has 144 valence electrons. The summed E-state index contributed by atoms with van der Waals surface area (Å²) in [4.78, 5) is 10.5. The first-order chi connectivity index (χ1) is 12.3. The molecule has 8 heteroatoms. The highest BCUT2D eigenvalue weighted by molar-refractivity contribution is 5.66. The number of allylic oxidation sites excluding steroid dienone is 2. The van der Waals surface area contributed by atoms with Gasteiger partial charge in [-0.2, -0.15) is 13.2 Å². The molecule has 2 N–H and O–H groups in total. The Hall–Kier alpha value is -2.06. The smallest absolute Gasteiger partial charge is 0.440 e. The summed E-state index contributed by atoms with van der Waals surface area (Å²) in [5, 5.41) is 18.6. The molecule has 26 heavy (non-hydrogen) atoms. The first-order valence-electron chi connectivity index (χ1n) is 8.27. The Labute approximate surface area is 149 Å². The Balaban J connectivity index is 2.05. The molecule has 0 spiro atoms. The molecule has 1 fully saturated rings. The van der Waals surface area contributed by atoms with Crippen molar-refractivity contribution >= 4 is 5.97 Å². The minimum Gasteiger partial charge on any atom is -0.508 e. The number of unbranched alkanes of at least 4 members (excludes halogenated alkanes) is 1. The molecule has 1 aromatic carbocycles. The molecule has 0 aliphatic carbocycles. The maximum Gasteiger partial charge on any atom is 0.440 e. The molecule has 1 aromatic rings. The van der Waals surface area contributed by atoms with Crippen molar-refractivity contribution < 1.29 is 37.7 Å². The summed E-state index contributed by atoms with van der Waals surface area (Å²) in [5.74, 6) is -1.40. The van der Waals surface area contributed by atoms with Crippen molar-refractivity contribution in [2.24, 2.45) is 5.92 Å². The van der Waals surface area contributed by atoms with E-state index in [0.29, 0.717) is 19.3 Å². The molecule has 5 nitrogen and oxygen atoms in total. The van der Waals surface area contributed by atoms with E-state index in [2.05, 4.69) is 0 Å². The molecule has 0 amide bonds. The fourth-order valence-electron chi connectivity index (χ4n) is 2.76. The second kappa shape index (κ2) is 9.05. The van der Waals surface area contributed by atoms with Crippen LogP contribution in [0, 0.1) is 5.92 Å². The van der Waals surface area contributed by atoms with Gasteiger partial charge >= 0.3 is 12.1 Å². The summed E-state index contributed by atoms with van der Waals surface area (Å²) in [6.07, 6.45) is -2.87. The molecular weight excluding hydrogens is 353 g/mol. The largest absolute Gasteiger partial charge is 0.508 e. The number of benzene rings is 1. The topological polar surface area (TPSA) is 76.0 Å². The van der Waals surface area contributed by atoms with Crippen molar-refractivity contribution in [1.29, 1.82) is 0 Å². The van der Waals surface area contributed by atoms with Crippen LogP contribution < -0.4 is 0 Å². The number of carboxylic acid groups (broad SMARTS) is 1. The fraction of sp³-hybridized carbons (Fsp3) is 0.500. The van der Waals surface area contributed by atoms with Gasteiger partial charge in [-0.1, -0.05) is 30.4 Å². The lowest BCUT2D eigenvalue weighted by Crippen LogP contribution is -2.43. The van der Waals surface area contributed by atoms with Gasteiger partial charge in [0.2, 0.25) is 0 Å². The van der Waals surface area contributed by atoms with Gasteiger partial charge in [0.05, 0.1) is 12.7 Å². The Morgan fingerprint density at radius 1 is 1.27 bits per heavy atom. The minimum atomic E-state index is -4.65. The number of carboxylic acids is 1. The summed E-state index contributed by atoms with van der Waals surface area (Å²) in [6, 6.07) is 6.13. The second-order valence-corrected chi connectivity index (χ2v) is 6.08. The predicted molar refractivity (Wildman–Crippen MR) is 86.5 cm³/mol. The van der Waals surface area contributed by atoms with E-state index in [9.17, 15) is 23.1 Å². The fourth-order valence-corrected chi connectivity index (χ4v) is 2.76. The molecule has 0 saturated carbocycles. The monoisotopic (exact) mass is 374 g/mol. The lowest BCUT2D eigenvalue weighted by Gasteiger charge is -2.37. The minimum absolute atomic E-state index is 0.0633. The van der Waals surface area contributed by atoms with E-state index in [4.69, 9.17) is 14.6 Å². The second-order valence-electron chi connectivity index (χ2n) is 6.08. The van der Waals surface area contributed by atoms with Gasteiger partial charge in [0.15, 0.2) is 0 Å². The number of phenols is 1. The molecular formula is C18H21F3O5. The van der Waals surface area contributed by atoms with Gasteiger partial charge < -0.3 is 19.7 Å². The number of aromatic hydroxyl groups is 1. The van der Waals surface area contributed by atoms with Gasteiger partial charge in [-0.25, -0.2) is 0 Å². The molecule has 2 rings (SSSR count). The van der Waals surface area contributed by atoms with Crippen molar-refractivity contribution in [2.75, 3.05) is 6.61 Å². The average molecular weight is 374 g/mol. The molecule has 1 heterocycles. The molecule has 1 saturated heterocycles. The zero-order chi connectivity index (χ0) is 19.2. The Bertz CT molecular complexity index is 629. The quantitative estimate of drug-likeness (QED) is 0.553. The molecule has 0 radical (unpaired) electrons. The standard InChI is InChI=1S/C18H21F3O5/c19-18(20,21)17-25-11-12(7-3-1-2-4-10-15(23)24)16(26-17)13-8-5-6-9-14(13)22/h1,3,5-6,8-9,12,16-17,22H,2,4,7,10-11H2,(H,23,24)/b3-1+/t12-,16+,17?/m1/s1. The normalized spacial score (nSPS) is 24.0. The summed E-state index contributed by atoms with van der Waals surface area (Å²) in [7, 11) is 0. The maximum atomic E-state index is 12.9. The van der Waals surface area contributed by atoms with E-state index in [0.717, 1.165) is 0 Å². The highest BCUT2D eigenvalue weighted by atomic mass is 19.4. The molecule has 1 aliphatic heterocycles. The summed E-state index contributed by atoms with van der Waals surface area (Å²) in [5.41, 5.74) is 0.286. The molecule has 0 aromatic heterocycles. The van der Waals surface area contributed by atoms with E-state index in [1.54, 1.807) is 24.3 Å². The Morgan fingerprint density at radius 3 is 2.65 bits per heavy atom. The molecule has 1 unspecified atom stereocenters. The van der Waals surface area contributed by atoms with Crippen molar-refractivity contribution in [1.82, 2.24) is 0 Å². The molecule has 1 aliphatic rings. The third-order valence-corrected chi connectivity index (χ3v) is 4.04. The maximum absolute atomic E-state index is 12.9. The van der Waals surface area contributed by atoms with E-state index in [1.165, 1.54) is 12.1 Å². The summed E-state index contributed by atoms with van der Waals surface area (Å²) in [6.45, 7) is -0.164. The first-order valence-corrected chi connectivity index (χ1v) is 8.27. The highest BCUT2D eigenvalue weighted by Crippen LogP contribution is 2.41. The number of alkyl halides is 3. The highest BCUT2D eigenvalue weighted by Gasteiger charge is 2.48. The lowest BCUT2D eigenvalue weighted by atomic mass is 9.91. The summed E-state index contributed by atoms with van der Waals surface area (Å²) >= 11 is 0. The average Bonchev–Trinajstić information content (AvgIpc) is 2.57. The van der Waals surface area contributed by atoms with Crippen LogP contribution in [0.1, 0.15) is 37.4 Å².